The Hall–Kier alpha value is -1.17. The Labute approximate surface area is 101 Å². The van der Waals surface area contributed by atoms with Crippen molar-refractivity contribution in [3.63, 3.8) is 0 Å². The number of anilines is 1. The Morgan fingerprint density at radius 1 is 1.65 bits per heavy atom. The zero-order valence-corrected chi connectivity index (χ0v) is 10.0. The number of ether oxygens (including phenoxy) is 1. The third kappa shape index (κ3) is 2.74. The van der Waals surface area contributed by atoms with Crippen molar-refractivity contribution in [2.75, 3.05) is 24.7 Å². The van der Waals surface area contributed by atoms with E-state index in [4.69, 9.17) is 15.6 Å². The molecule has 1 aliphatic heterocycles. The van der Waals surface area contributed by atoms with Crippen molar-refractivity contribution in [2.45, 2.75) is 25.6 Å². The zero-order chi connectivity index (χ0) is 12.3. The van der Waals surface area contributed by atoms with Crippen molar-refractivity contribution >= 4 is 5.82 Å². The van der Waals surface area contributed by atoms with E-state index in [1.165, 1.54) is 0 Å². The normalized spacial score (nSPS) is 25.0. The number of aromatic nitrogens is 1. The SMILES string of the molecule is CC1COC(CO)CN1c1cc(CN)ccn1. The van der Waals surface area contributed by atoms with Gasteiger partial charge in [-0.1, -0.05) is 0 Å². The summed E-state index contributed by atoms with van der Waals surface area (Å²) in [6.45, 7) is 3.92. The average Bonchev–Trinajstić information content (AvgIpc) is 2.39. The molecule has 2 rings (SSSR count). The zero-order valence-electron chi connectivity index (χ0n) is 10.0. The van der Waals surface area contributed by atoms with E-state index in [0.29, 0.717) is 19.7 Å². The summed E-state index contributed by atoms with van der Waals surface area (Å²) >= 11 is 0. The van der Waals surface area contributed by atoms with E-state index < -0.39 is 0 Å². The molecule has 1 saturated heterocycles. The van der Waals surface area contributed by atoms with Gasteiger partial charge in [0.25, 0.3) is 0 Å². The van der Waals surface area contributed by atoms with Gasteiger partial charge in [0, 0.05) is 19.3 Å². The first-order valence-corrected chi connectivity index (χ1v) is 5.88. The summed E-state index contributed by atoms with van der Waals surface area (Å²) in [7, 11) is 0. The second-order valence-electron chi connectivity index (χ2n) is 4.37. The second kappa shape index (κ2) is 5.44. The largest absolute Gasteiger partial charge is 0.394 e. The van der Waals surface area contributed by atoms with Crippen molar-refractivity contribution in [3.8, 4) is 0 Å². The number of rotatable bonds is 3. The van der Waals surface area contributed by atoms with Crippen LogP contribution in [0.15, 0.2) is 18.3 Å². The number of nitrogens with zero attached hydrogens (tertiary/aromatic N) is 2. The molecule has 5 heteroatoms. The van der Waals surface area contributed by atoms with E-state index in [1.807, 2.05) is 12.1 Å². The highest BCUT2D eigenvalue weighted by atomic mass is 16.5. The molecule has 0 bridgehead atoms. The van der Waals surface area contributed by atoms with Gasteiger partial charge in [-0.15, -0.1) is 0 Å². The molecule has 0 amide bonds. The first kappa shape index (κ1) is 12.3. The molecule has 2 unspecified atom stereocenters. The predicted octanol–water partition coefficient (Wildman–Crippen LogP) is 0.126. The fourth-order valence-electron chi connectivity index (χ4n) is 1.99. The molecule has 0 saturated carbocycles. The number of aliphatic hydroxyl groups excluding tert-OH is 1. The fraction of sp³-hybridized carbons (Fsp3) is 0.583. The lowest BCUT2D eigenvalue weighted by molar-refractivity contribution is -0.0105. The monoisotopic (exact) mass is 237 g/mol. The van der Waals surface area contributed by atoms with E-state index in [2.05, 4.69) is 16.8 Å². The minimum Gasteiger partial charge on any atom is -0.394 e. The lowest BCUT2D eigenvalue weighted by Gasteiger charge is -2.38. The maximum absolute atomic E-state index is 9.15. The minimum atomic E-state index is -0.130. The second-order valence-corrected chi connectivity index (χ2v) is 4.37. The van der Waals surface area contributed by atoms with E-state index in [-0.39, 0.29) is 18.8 Å². The highest BCUT2D eigenvalue weighted by molar-refractivity contribution is 5.42. The van der Waals surface area contributed by atoms with Crippen molar-refractivity contribution < 1.29 is 9.84 Å². The Balaban J connectivity index is 2.18. The summed E-state index contributed by atoms with van der Waals surface area (Å²) < 4.78 is 5.50. The molecule has 1 aromatic rings. The maximum atomic E-state index is 9.15. The summed E-state index contributed by atoms with van der Waals surface area (Å²) in [5.41, 5.74) is 6.69. The summed E-state index contributed by atoms with van der Waals surface area (Å²) in [4.78, 5) is 6.52. The number of pyridine rings is 1. The molecule has 17 heavy (non-hydrogen) atoms. The van der Waals surface area contributed by atoms with E-state index in [9.17, 15) is 0 Å². The van der Waals surface area contributed by atoms with Gasteiger partial charge >= 0.3 is 0 Å². The van der Waals surface area contributed by atoms with Crippen molar-refractivity contribution in [3.05, 3.63) is 23.9 Å². The first-order chi connectivity index (χ1) is 8.24. The number of nitrogens with two attached hydrogens (primary N) is 1. The van der Waals surface area contributed by atoms with Crippen LogP contribution in [0.2, 0.25) is 0 Å². The van der Waals surface area contributed by atoms with E-state index in [1.54, 1.807) is 6.20 Å². The highest BCUT2D eigenvalue weighted by Crippen LogP contribution is 2.20. The van der Waals surface area contributed by atoms with Crippen LogP contribution in [0.25, 0.3) is 0 Å². The maximum Gasteiger partial charge on any atom is 0.129 e. The Bertz CT molecular complexity index is 373. The Morgan fingerprint density at radius 2 is 2.47 bits per heavy atom. The van der Waals surface area contributed by atoms with Crippen molar-refractivity contribution in [1.29, 1.82) is 0 Å². The van der Waals surface area contributed by atoms with Crippen LogP contribution in [0.1, 0.15) is 12.5 Å². The van der Waals surface area contributed by atoms with Crippen LogP contribution in [0.5, 0.6) is 0 Å². The number of morpholine rings is 1. The molecule has 1 aliphatic rings. The lowest BCUT2D eigenvalue weighted by atomic mass is 10.2. The molecule has 3 N–H and O–H groups in total. The Morgan fingerprint density at radius 3 is 3.18 bits per heavy atom. The predicted molar refractivity (Wildman–Crippen MR) is 65.8 cm³/mol. The highest BCUT2D eigenvalue weighted by Gasteiger charge is 2.26. The topological polar surface area (TPSA) is 71.6 Å². The molecule has 94 valence electrons. The summed E-state index contributed by atoms with van der Waals surface area (Å²) in [6, 6.07) is 4.17. The molecule has 1 fully saturated rings. The van der Waals surface area contributed by atoms with Crippen LogP contribution in [0.4, 0.5) is 5.82 Å². The van der Waals surface area contributed by atoms with Crippen LogP contribution >= 0.6 is 0 Å². The van der Waals surface area contributed by atoms with Gasteiger partial charge in [-0.2, -0.15) is 0 Å². The van der Waals surface area contributed by atoms with Crippen LogP contribution in [-0.4, -0.2) is 42.0 Å². The number of aliphatic hydroxyl groups is 1. The van der Waals surface area contributed by atoms with Crippen LogP contribution in [0, 0.1) is 0 Å². The number of hydrogen-bond acceptors (Lipinski definition) is 5. The van der Waals surface area contributed by atoms with E-state index in [0.717, 1.165) is 11.4 Å². The van der Waals surface area contributed by atoms with Gasteiger partial charge < -0.3 is 20.5 Å². The average molecular weight is 237 g/mol. The third-order valence-corrected chi connectivity index (χ3v) is 3.05. The van der Waals surface area contributed by atoms with Crippen LogP contribution in [-0.2, 0) is 11.3 Å². The van der Waals surface area contributed by atoms with Crippen LogP contribution < -0.4 is 10.6 Å². The van der Waals surface area contributed by atoms with Gasteiger partial charge in [0.2, 0.25) is 0 Å². The standard InChI is InChI=1S/C12H19N3O2/c1-9-8-17-11(7-16)6-15(9)12-4-10(5-13)2-3-14-12/h2-4,9,11,16H,5-8,13H2,1H3. The first-order valence-electron chi connectivity index (χ1n) is 5.88. The van der Waals surface area contributed by atoms with Gasteiger partial charge in [0.05, 0.1) is 25.4 Å². The lowest BCUT2D eigenvalue weighted by Crippen LogP contribution is -2.50. The van der Waals surface area contributed by atoms with Gasteiger partial charge in [-0.05, 0) is 24.6 Å². The van der Waals surface area contributed by atoms with Crippen molar-refractivity contribution in [1.82, 2.24) is 4.98 Å². The van der Waals surface area contributed by atoms with Crippen LogP contribution in [0.3, 0.4) is 0 Å². The molecule has 0 spiro atoms. The smallest absolute Gasteiger partial charge is 0.129 e. The summed E-state index contributed by atoms with van der Waals surface area (Å²) in [5, 5.41) is 9.15. The molecule has 5 nitrogen and oxygen atoms in total. The fourth-order valence-corrected chi connectivity index (χ4v) is 1.99. The molecule has 2 atom stereocenters. The molecular weight excluding hydrogens is 218 g/mol. The van der Waals surface area contributed by atoms with Crippen molar-refractivity contribution in [2.24, 2.45) is 5.73 Å². The molecule has 2 heterocycles. The van der Waals surface area contributed by atoms with Gasteiger partial charge in [0.1, 0.15) is 5.82 Å². The molecule has 0 radical (unpaired) electrons. The molecule has 0 aliphatic carbocycles. The quantitative estimate of drug-likeness (QED) is 0.781. The molecule has 1 aromatic heterocycles. The van der Waals surface area contributed by atoms with E-state index >= 15 is 0 Å². The summed E-state index contributed by atoms with van der Waals surface area (Å²) in [6.07, 6.45) is 1.64. The Kier molecular flexibility index (Phi) is 3.93. The third-order valence-electron chi connectivity index (χ3n) is 3.05. The van der Waals surface area contributed by atoms with Gasteiger partial charge in [-0.3, -0.25) is 0 Å². The molecular formula is C12H19N3O2. The van der Waals surface area contributed by atoms with Gasteiger partial charge in [-0.25, -0.2) is 4.98 Å². The number of hydrogen-bond donors (Lipinski definition) is 2. The van der Waals surface area contributed by atoms with Gasteiger partial charge in [0.15, 0.2) is 0 Å². The minimum absolute atomic E-state index is 0.0415. The summed E-state index contributed by atoms with van der Waals surface area (Å²) in [5.74, 6) is 0.905. The molecule has 0 aromatic carbocycles.